The van der Waals surface area contributed by atoms with Crippen LogP contribution in [0.2, 0.25) is 5.02 Å². The molecule has 1 aliphatic heterocycles. The summed E-state index contributed by atoms with van der Waals surface area (Å²) in [6.07, 6.45) is 1.01. The van der Waals surface area contributed by atoms with Crippen molar-refractivity contribution in [3.63, 3.8) is 0 Å². The largest absolute Gasteiger partial charge is 0.350 e. The second kappa shape index (κ2) is 8.63. The van der Waals surface area contributed by atoms with Gasteiger partial charge in [-0.25, -0.2) is 0 Å². The number of fused-ring (bicyclic) bond motifs is 1. The predicted molar refractivity (Wildman–Crippen MR) is 114 cm³/mol. The average Bonchev–Trinajstić information content (AvgIpc) is 2.74. The molecule has 5 nitrogen and oxygen atoms in total. The standard InChI is InChI=1S/C21H19ClN4OS/c22-17-7-3-4-8-18(17)23-20(27)14-28-21-10-9-19(24-25-21)26-12-11-15-5-1-2-6-16(15)13-26/h1-10H,11-14H2,(H,23,27). The van der Waals surface area contributed by atoms with Crippen LogP contribution in [0.15, 0.2) is 65.7 Å². The molecular formula is C21H19ClN4OS. The molecular weight excluding hydrogens is 392 g/mol. The minimum absolute atomic E-state index is 0.128. The first-order valence-electron chi connectivity index (χ1n) is 9.02. The predicted octanol–water partition coefficient (Wildman–Crippen LogP) is 4.42. The van der Waals surface area contributed by atoms with Crippen LogP contribution >= 0.6 is 23.4 Å². The van der Waals surface area contributed by atoms with E-state index in [-0.39, 0.29) is 11.7 Å². The van der Waals surface area contributed by atoms with Gasteiger partial charge in [0.2, 0.25) is 5.91 Å². The zero-order valence-electron chi connectivity index (χ0n) is 15.1. The molecule has 142 valence electrons. The lowest BCUT2D eigenvalue weighted by atomic mass is 10.00. The molecule has 0 bridgehead atoms. The molecule has 2 heterocycles. The van der Waals surface area contributed by atoms with Gasteiger partial charge in [-0.2, -0.15) is 0 Å². The number of aromatic nitrogens is 2. The summed E-state index contributed by atoms with van der Waals surface area (Å²) < 4.78 is 0. The Bertz CT molecular complexity index is 980. The Morgan fingerprint density at radius 2 is 1.82 bits per heavy atom. The van der Waals surface area contributed by atoms with Crippen molar-refractivity contribution >= 4 is 40.8 Å². The number of carbonyl (C=O) groups is 1. The summed E-state index contributed by atoms with van der Waals surface area (Å²) in [4.78, 5) is 14.4. The van der Waals surface area contributed by atoms with Gasteiger partial charge in [-0.05, 0) is 41.8 Å². The molecule has 3 aromatic rings. The maximum absolute atomic E-state index is 12.1. The van der Waals surface area contributed by atoms with Crippen molar-refractivity contribution in [2.75, 3.05) is 22.5 Å². The molecule has 28 heavy (non-hydrogen) atoms. The minimum Gasteiger partial charge on any atom is -0.350 e. The maximum Gasteiger partial charge on any atom is 0.234 e. The van der Waals surface area contributed by atoms with Crippen LogP contribution in [0.5, 0.6) is 0 Å². The molecule has 1 aliphatic rings. The van der Waals surface area contributed by atoms with E-state index < -0.39 is 0 Å². The van der Waals surface area contributed by atoms with Gasteiger partial charge in [-0.15, -0.1) is 10.2 Å². The SMILES string of the molecule is O=C(CSc1ccc(N2CCc3ccccc3C2)nn1)Nc1ccccc1Cl. The molecule has 0 fully saturated rings. The third kappa shape index (κ3) is 4.46. The Balaban J connectivity index is 1.33. The van der Waals surface area contributed by atoms with E-state index in [2.05, 4.69) is 44.7 Å². The first kappa shape index (κ1) is 18.8. The Morgan fingerprint density at radius 1 is 1.04 bits per heavy atom. The van der Waals surface area contributed by atoms with Gasteiger partial charge in [-0.1, -0.05) is 59.8 Å². The molecule has 0 atom stereocenters. The zero-order chi connectivity index (χ0) is 19.3. The number of benzene rings is 2. The van der Waals surface area contributed by atoms with Crippen molar-refractivity contribution in [3.8, 4) is 0 Å². The van der Waals surface area contributed by atoms with Crippen LogP contribution in [0.25, 0.3) is 0 Å². The van der Waals surface area contributed by atoms with Gasteiger partial charge in [0.15, 0.2) is 5.82 Å². The van der Waals surface area contributed by atoms with E-state index in [1.807, 2.05) is 24.3 Å². The van der Waals surface area contributed by atoms with Gasteiger partial charge in [-0.3, -0.25) is 4.79 Å². The van der Waals surface area contributed by atoms with Crippen LogP contribution in [0.3, 0.4) is 0 Å². The first-order valence-corrected chi connectivity index (χ1v) is 10.4. The van der Waals surface area contributed by atoms with Crippen LogP contribution in [0.4, 0.5) is 11.5 Å². The van der Waals surface area contributed by atoms with Crippen molar-refractivity contribution in [1.29, 1.82) is 0 Å². The quantitative estimate of drug-likeness (QED) is 0.631. The van der Waals surface area contributed by atoms with Gasteiger partial charge in [0, 0.05) is 13.1 Å². The monoisotopic (exact) mass is 410 g/mol. The van der Waals surface area contributed by atoms with Gasteiger partial charge in [0.1, 0.15) is 5.03 Å². The topological polar surface area (TPSA) is 58.1 Å². The number of halogens is 1. The van der Waals surface area contributed by atoms with Crippen LogP contribution < -0.4 is 10.2 Å². The molecule has 0 spiro atoms. The second-order valence-corrected chi connectivity index (χ2v) is 7.89. The number of carbonyl (C=O) groups excluding carboxylic acids is 1. The molecule has 2 aromatic carbocycles. The van der Waals surface area contributed by atoms with Gasteiger partial charge >= 0.3 is 0 Å². The van der Waals surface area contributed by atoms with Gasteiger partial charge < -0.3 is 10.2 Å². The van der Waals surface area contributed by atoms with Crippen LogP contribution in [-0.4, -0.2) is 28.4 Å². The normalized spacial score (nSPS) is 13.1. The molecule has 4 rings (SSSR count). The fraction of sp³-hybridized carbons (Fsp3) is 0.190. The van der Waals surface area contributed by atoms with E-state index in [0.29, 0.717) is 10.7 Å². The first-order chi connectivity index (χ1) is 13.7. The van der Waals surface area contributed by atoms with Crippen molar-refractivity contribution in [1.82, 2.24) is 10.2 Å². The van der Waals surface area contributed by atoms with Crippen molar-refractivity contribution in [2.45, 2.75) is 18.0 Å². The molecule has 0 radical (unpaired) electrons. The fourth-order valence-corrected chi connectivity index (χ4v) is 3.94. The van der Waals surface area contributed by atoms with E-state index >= 15 is 0 Å². The third-order valence-electron chi connectivity index (χ3n) is 4.58. The summed E-state index contributed by atoms with van der Waals surface area (Å²) in [6, 6.07) is 19.6. The fourth-order valence-electron chi connectivity index (χ4n) is 3.14. The number of hydrogen-bond donors (Lipinski definition) is 1. The lowest BCUT2D eigenvalue weighted by Crippen LogP contribution is -2.31. The van der Waals surface area contributed by atoms with E-state index in [4.69, 9.17) is 11.6 Å². The number of anilines is 2. The Morgan fingerprint density at radius 3 is 2.61 bits per heavy atom. The second-order valence-electron chi connectivity index (χ2n) is 6.49. The van der Waals surface area contributed by atoms with Crippen LogP contribution in [0, 0.1) is 0 Å². The molecule has 0 saturated carbocycles. The number of thioether (sulfide) groups is 1. The summed E-state index contributed by atoms with van der Waals surface area (Å²) in [6.45, 7) is 1.77. The van der Waals surface area contributed by atoms with Crippen molar-refractivity contribution in [3.05, 3.63) is 76.8 Å². The highest BCUT2D eigenvalue weighted by Crippen LogP contribution is 2.24. The van der Waals surface area contributed by atoms with E-state index in [1.165, 1.54) is 22.9 Å². The molecule has 1 N–H and O–H groups in total. The number of nitrogens with one attached hydrogen (secondary N) is 1. The molecule has 0 unspecified atom stereocenters. The summed E-state index contributed by atoms with van der Waals surface area (Å²) in [7, 11) is 0. The van der Waals surface area contributed by atoms with Crippen molar-refractivity contribution < 1.29 is 4.79 Å². The highest BCUT2D eigenvalue weighted by Gasteiger charge is 2.17. The molecule has 0 aliphatic carbocycles. The molecule has 7 heteroatoms. The summed E-state index contributed by atoms with van der Waals surface area (Å²) in [5.41, 5.74) is 3.36. The lowest BCUT2D eigenvalue weighted by molar-refractivity contribution is -0.113. The summed E-state index contributed by atoms with van der Waals surface area (Å²) >= 11 is 7.41. The Labute approximate surface area is 173 Å². The molecule has 0 saturated heterocycles. The van der Waals surface area contributed by atoms with E-state index in [1.54, 1.807) is 12.1 Å². The number of rotatable bonds is 5. The van der Waals surface area contributed by atoms with Crippen LogP contribution in [0.1, 0.15) is 11.1 Å². The maximum atomic E-state index is 12.1. The number of amides is 1. The molecule has 1 aromatic heterocycles. The smallest absolute Gasteiger partial charge is 0.234 e. The summed E-state index contributed by atoms with van der Waals surface area (Å²) in [5.74, 6) is 0.979. The highest BCUT2D eigenvalue weighted by molar-refractivity contribution is 7.99. The van der Waals surface area contributed by atoms with Crippen molar-refractivity contribution in [2.24, 2.45) is 0 Å². The lowest BCUT2D eigenvalue weighted by Gasteiger charge is -2.29. The number of nitrogens with zero attached hydrogens (tertiary/aromatic N) is 3. The zero-order valence-corrected chi connectivity index (χ0v) is 16.7. The number of para-hydroxylation sites is 1. The number of hydrogen-bond acceptors (Lipinski definition) is 5. The Kier molecular flexibility index (Phi) is 5.78. The minimum atomic E-state index is -0.128. The molecule has 1 amide bonds. The van der Waals surface area contributed by atoms with Gasteiger partial charge in [0.25, 0.3) is 0 Å². The average molecular weight is 411 g/mol. The summed E-state index contributed by atoms with van der Waals surface area (Å²) in [5, 5.41) is 12.7. The Hall–Kier alpha value is -2.57. The van der Waals surface area contributed by atoms with E-state index in [0.717, 1.165) is 30.4 Å². The van der Waals surface area contributed by atoms with E-state index in [9.17, 15) is 4.79 Å². The third-order valence-corrected chi connectivity index (χ3v) is 5.83. The van der Waals surface area contributed by atoms with Gasteiger partial charge in [0.05, 0.1) is 16.5 Å². The highest BCUT2D eigenvalue weighted by atomic mass is 35.5. The van der Waals surface area contributed by atoms with Crippen LogP contribution in [-0.2, 0) is 17.8 Å².